The summed E-state index contributed by atoms with van der Waals surface area (Å²) in [7, 11) is 0. The molecular weight excluding hydrogens is 364 g/mol. The Morgan fingerprint density at radius 2 is 1.64 bits per heavy atom. The van der Waals surface area contributed by atoms with Crippen molar-refractivity contribution in [1.29, 1.82) is 0 Å². The molecular formula is C20H16N2O6. The number of rotatable bonds is 8. The fourth-order valence-corrected chi connectivity index (χ4v) is 2.45. The standard InChI is InChI=1S/C20H16N2O6/c1-2-3-15(12-18(23)13-6-10-17(11-7-13)22(27)28)19(24)21-16-8-4-14(5-9-16)20(25)26/h1,4-11,15H,3,12H2,(H,21,24)(H,25,26)/t15-/m1/s1. The number of aromatic carboxylic acids is 1. The van der Waals surface area contributed by atoms with Gasteiger partial charge in [0, 0.05) is 36.2 Å². The van der Waals surface area contributed by atoms with Gasteiger partial charge in [-0.15, -0.1) is 12.3 Å². The number of amides is 1. The van der Waals surface area contributed by atoms with Crippen LogP contribution in [0.25, 0.3) is 0 Å². The third-order valence-electron chi connectivity index (χ3n) is 3.97. The number of hydrogen-bond acceptors (Lipinski definition) is 5. The maximum absolute atomic E-state index is 12.5. The molecule has 0 spiro atoms. The number of anilines is 1. The van der Waals surface area contributed by atoms with E-state index in [-0.39, 0.29) is 35.4 Å². The number of carboxylic acids is 1. The lowest BCUT2D eigenvalue weighted by Gasteiger charge is -2.14. The van der Waals surface area contributed by atoms with Crippen LogP contribution >= 0.6 is 0 Å². The Balaban J connectivity index is 2.07. The summed E-state index contributed by atoms with van der Waals surface area (Å²) >= 11 is 0. The Kier molecular flexibility index (Phi) is 6.60. The number of nitrogens with zero attached hydrogens (tertiary/aromatic N) is 1. The molecule has 0 aromatic heterocycles. The predicted octanol–water partition coefficient (Wildman–Crippen LogP) is 3.14. The number of ketones is 1. The van der Waals surface area contributed by atoms with Gasteiger partial charge in [0.2, 0.25) is 5.91 Å². The van der Waals surface area contributed by atoms with Crippen LogP contribution in [0.1, 0.15) is 33.6 Å². The van der Waals surface area contributed by atoms with Crippen molar-refractivity contribution in [1.82, 2.24) is 0 Å². The number of carbonyl (C=O) groups excluding carboxylic acids is 2. The van der Waals surface area contributed by atoms with Gasteiger partial charge in [0.25, 0.3) is 5.69 Å². The summed E-state index contributed by atoms with van der Waals surface area (Å²) in [4.78, 5) is 45.8. The van der Waals surface area contributed by atoms with E-state index in [1.165, 1.54) is 48.5 Å². The average molecular weight is 380 g/mol. The molecule has 0 radical (unpaired) electrons. The molecule has 28 heavy (non-hydrogen) atoms. The van der Waals surface area contributed by atoms with Crippen LogP contribution in [-0.4, -0.2) is 27.7 Å². The van der Waals surface area contributed by atoms with E-state index in [1.54, 1.807) is 0 Å². The first-order chi connectivity index (χ1) is 13.3. The highest BCUT2D eigenvalue weighted by Crippen LogP contribution is 2.19. The number of benzene rings is 2. The van der Waals surface area contributed by atoms with Gasteiger partial charge in [-0.1, -0.05) is 0 Å². The van der Waals surface area contributed by atoms with Gasteiger partial charge in [-0.05, 0) is 36.4 Å². The van der Waals surface area contributed by atoms with Crippen molar-refractivity contribution < 1.29 is 24.4 Å². The molecule has 1 atom stereocenters. The molecule has 0 bridgehead atoms. The van der Waals surface area contributed by atoms with Crippen molar-refractivity contribution in [3.63, 3.8) is 0 Å². The lowest BCUT2D eigenvalue weighted by atomic mass is 9.94. The number of carbonyl (C=O) groups is 3. The SMILES string of the molecule is C#CC[C@H](CC(=O)c1ccc([N+](=O)[O-])cc1)C(=O)Nc1ccc(C(=O)O)cc1. The molecule has 8 nitrogen and oxygen atoms in total. The summed E-state index contributed by atoms with van der Waals surface area (Å²) in [6, 6.07) is 10.7. The molecule has 0 aliphatic rings. The van der Waals surface area contributed by atoms with Crippen LogP contribution in [0.2, 0.25) is 0 Å². The number of terminal acetylenes is 1. The van der Waals surface area contributed by atoms with Gasteiger partial charge in [0.1, 0.15) is 0 Å². The topological polar surface area (TPSA) is 127 Å². The number of carboxylic acid groups (broad SMARTS) is 1. The van der Waals surface area contributed by atoms with Crippen LogP contribution in [0.15, 0.2) is 48.5 Å². The summed E-state index contributed by atoms with van der Waals surface area (Å²) in [5.41, 5.74) is 0.553. The Bertz CT molecular complexity index is 942. The van der Waals surface area contributed by atoms with Crippen LogP contribution < -0.4 is 5.32 Å². The van der Waals surface area contributed by atoms with Crippen LogP contribution in [0, 0.1) is 28.4 Å². The highest BCUT2D eigenvalue weighted by Gasteiger charge is 2.22. The Hall–Kier alpha value is -3.99. The summed E-state index contributed by atoms with van der Waals surface area (Å²) in [5, 5.41) is 22.2. The molecule has 0 aliphatic carbocycles. The number of nitrogens with one attached hydrogen (secondary N) is 1. The van der Waals surface area contributed by atoms with Crippen molar-refractivity contribution in [3.8, 4) is 12.3 Å². The number of nitro groups is 1. The fourth-order valence-electron chi connectivity index (χ4n) is 2.45. The Morgan fingerprint density at radius 1 is 1.07 bits per heavy atom. The number of nitro benzene ring substituents is 1. The molecule has 0 saturated carbocycles. The Labute approximate surface area is 160 Å². The van der Waals surface area contributed by atoms with E-state index in [0.717, 1.165) is 0 Å². The fraction of sp³-hybridized carbons (Fsp3) is 0.150. The highest BCUT2D eigenvalue weighted by atomic mass is 16.6. The second-order valence-corrected chi connectivity index (χ2v) is 5.91. The second kappa shape index (κ2) is 9.09. The van der Waals surface area contributed by atoms with E-state index in [0.29, 0.717) is 5.69 Å². The highest BCUT2D eigenvalue weighted by molar-refractivity contribution is 6.01. The van der Waals surface area contributed by atoms with Crippen molar-refractivity contribution in [2.45, 2.75) is 12.8 Å². The maximum atomic E-state index is 12.5. The van der Waals surface area contributed by atoms with E-state index in [1.807, 2.05) is 0 Å². The minimum absolute atomic E-state index is 0.0256. The van der Waals surface area contributed by atoms with Crippen molar-refractivity contribution >= 4 is 29.0 Å². The largest absolute Gasteiger partial charge is 0.478 e. The minimum atomic E-state index is -1.09. The first-order valence-corrected chi connectivity index (χ1v) is 8.17. The number of Topliss-reactive ketones (excluding diaryl/α,β-unsaturated/α-hetero) is 1. The normalized spacial score (nSPS) is 11.1. The summed E-state index contributed by atoms with van der Waals surface area (Å²) < 4.78 is 0. The summed E-state index contributed by atoms with van der Waals surface area (Å²) in [5.74, 6) is -0.371. The third kappa shape index (κ3) is 5.25. The van der Waals surface area contributed by atoms with Gasteiger partial charge in [-0.2, -0.15) is 0 Å². The summed E-state index contributed by atoms with van der Waals surface area (Å²) in [6.07, 6.45) is 5.16. The zero-order valence-electron chi connectivity index (χ0n) is 14.6. The molecule has 2 rings (SSSR count). The van der Waals surface area contributed by atoms with Gasteiger partial charge < -0.3 is 10.4 Å². The Morgan fingerprint density at radius 3 is 2.14 bits per heavy atom. The molecule has 2 aromatic rings. The zero-order chi connectivity index (χ0) is 20.7. The van der Waals surface area contributed by atoms with E-state index in [9.17, 15) is 24.5 Å². The molecule has 0 fully saturated rings. The molecule has 2 aromatic carbocycles. The first kappa shape index (κ1) is 20.3. The van der Waals surface area contributed by atoms with Gasteiger partial charge in [-0.25, -0.2) is 4.79 Å². The van der Waals surface area contributed by atoms with Crippen molar-refractivity contribution in [2.75, 3.05) is 5.32 Å². The monoisotopic (exact) mass is 380 g/mol. The molecule has 0 saturated heterocycles. The van der Waals surface area contributed by atoms with Crippen LogP contribution in [0.5, 0.6) is 0 Å². The maximum Gasteiger partial charge on any atom is 0.335 e. The van der Waals surface area contributed by atoms with E-state index in [4.69, 9.17) is 11.5 Å². The van der Waals surface area contributed by atoms with E-state index in [2.05, 4.69) is 11.2 Å². The third-order valence-corrected chi connectivity index (χ3v) is 3.97. The van der Waals surface area contributed by atoms with Gasteiger partial charge in [0.05, 0.1) is 16.4 Å². The second-order valence-electron chi connectivity index (χ2n) is 5.91. The lowest BCUT2D eigenvalue weighted by molar-refractivity contribution is -0.384. The van der Waals surface area contributed by atoms with Gasteiger partial charge >= 0.3 is 5.97 Å². The zero-order valence-corrected chi connectivity index (χ0v) is 14.6. The molecule has 0 unspecified atom stereocenters. The molecule has 0 heterocycles. The van der Waals surface area contributed by atoms with Gasteiger partial charge in [-0.3, -0.25) is 19.7 Å². The van der Waals surface area contributed by atoms with E-state index < -0.39 is 22.7 Å². The quantitative estimate of drug-likeness (QED) is 0.313. The minimum Gasteiger partial charge on any atom is -0.478 e. The predicted molar refractivity (Wildman–Crippen MR) is 101 cm³/mol. The van der Waals surface area contributed by atoms with E-state index >= 15 is 0 Å². The molecule has 1 amide bonds. The van der Waals surface area contributed by atoms with Crippen molar-refractivity contribution in [3.05, 3.63) is 69.8 Å². The molecule has 8 heteroatoms. The van der Waals surface area contributed by atoms with Crippen LogP contribution in [-0.2, 0) is 4.79 Å². The number of hydrogen-bond donors (Lipinski definition) is 2. The first-order valence-electron chi connectivity index (χ1n) is 8.17. The molecule has 0 aliphatic heterocycles. The molecule has 2 N–H and O–H groups in total. The van der Waals surface area contributed by atoms with Gasteiger partial charge in [0.15, 0.2) is 5.78 Å². The molecule has 142 valence electrons. The van der Waals surface area contributed by atoms with Crippen LogP contribution in [0.3, 0.4) is 0 Å². The van der Waals surface area contributed by atoms with Crippen molar-refractivity contribution in [2.24, 2.45) is 5.92 Å². The average Bonchev–Trinajstić information content (AvgIpc) is 2.68. The number of non-ortho nitro benzene ring substituents is 1. The van der Waals surface area contributed by atoms with Crippen LogP contribution in [0.4, 0.5) is 11.4 Å². The summed E-state index contributed by atoms with van der Waals surface area (Å²) in [6.45, 7) is 0. The lowest BCUT2D eigenvalue weighted by Crippen LogP contribution is -2.25. The smallest absolute Gasteiger partial charge is 0.335 e.